The number of hydrogen-bond donors (Lipinski definition) is 1. The van der Waals surface area contributed by atoms with Gasteiger partial charge in [-0.2, -0.15) is 0 Å². The van der Waals surface area contributed by atoms with Gasteiger partial charge in [0.15, 0.2) is 0 Å². The van der Waals surface area contributed by atoms with Crippen molar-refractivity contribution < 1.29 is 0 Å². The number of rotatable bonds is 4. The van der Waals surface area contributed by atoms with E-state index >= 15 is 0 Å². The maximum absolute atomic E-state index is 5.58. The van der Waals surface area contributed by atoms with Gasteiger partial charge in [-0.05, 0) is 34.2 Å². The molecule has 0 fully saturated rings. The summed E-state index contributed by atoms with van der Waals surface area (Å²) in [6, 6.07) is 0.477. The minimum absolute atomic E-state index is 0.277. The van der Waals surface area contributed by atoms with Gasteiger partial charge in [0.25, 0.3) is 0 Å². The zero-order valence-electron chi connectivity index (χ0n) is 8.52. The number of hydrogen-bond acceptors (Lipinski definition) is 2. The Morgan fingerprint density at radius 1 is 1.45 bits per heavy atom. The van der Waals surface area contributed by atoms with Crippen molar-refractivity contribution in [3.63, 3.8) is 0 Å². The van der Waals surface area contributed by atoms with Crippen molar-refractivity contribution in [2.45, 2.75) is 45.7 Å². The van der Waals surface area contributed by atoms with Crippen molar-refractivity contribution in [3.05, 3.63) is 0 Å². The first-order chi connectivity index (χ1) is 4.95. The van der Waals surface area contributed by atoms with Gasteiger partial charge in [0.2, 0.25) is 0 Å². The van der Waals surface area contributed by atoms with E-state index in [4.69, 9.17) is 5.73 Å². The van der Waals surface area contributed by atoms with E-state index < -0.39 is 0 Å². The van der Waals surface area contributed by atoms with Crippen LogP contribution < -0.4 is 5.73 Å². The zero-order chi connectivity index (χ0) is 9.07. The molecule has 0 rings (SSSR count). The predicted molar refractivity (Wildman–Crippen MR) is 50.6 cm³/mol. The van der Waals surface area contributed by atoms with E-state index in [1.165, 1.54) is 0 Å². The molecule has 0 aliphatic heterocycles. The smallest absolute Gasteiger partial charge is 0.0192 e. The normalized spacial score (nSPS) is 15.5. The summed E-state index contributed by atoms with van der Waals surface area (Å²) in [5.74, 6) is 0. The maximum atomic E-state index is 5.58. The van der Waals surface area contributed by atoms with Crippen molar-refractivity contribution in [1.29, 1.82) is 0 Å². The van der Waals surface area contributed by atoms with E-state index in [1.54, 1.807) is 0 Å². The molecule has 0 amide bonds. The standard InChI is InChI=1S/C9H22N2/c1-6-9(3,4)11(5)8(2)7-10/h8H,6-7,10H2,1-5H3. The highest BCUT2D eigenvalue weighted by molar-refractivity contribution is 4.81. The number of nitrogens with two attached hydrogens (primary N) is 1. The summed E-state index contributed by atoms with van der Waals surface area (Å²) >= 11 is 0. The van der Waals surface area contributed by atoms with Gasteiger partial charge in [0.1, 0.15) is 0 Å². The fourth-order valence-electron chi connectivity index (χ4n) is 1.00. The Morgan fingerprint density at radius 3 is 2.18 bits per heavy atom. The molecule has 2 N–H and O–H groups in total. The first kappa shape index (κ1) is 10.9. The van der Waals surface area contributed by atoms with Crippen LogP contribution in [-0.2, 0) is 0 Å². The lowest BCUT2D eigenvalue weighted by atomic mass is 9.98. The van der Waals surface area contributed by atoms with E-state index in [-0.39, 0.29) is 5.54 Å². The van der Waals surface area contributed by atoms with Gasteiger partial charge >= 0.3 is 0 Å². The van der Waals surface area contributed by atoms with E-state index in [0.717, 1.165) is 13.0 Å². The number of likely N-dealkylation sites (N-methyl/N-ethyl adjacent to an activating group) is 1. The molecule has 0 aliphatic carbocycles. The van der Waals surface area contributed by atoms with Crippen molar-refractivity contribution in [3.8, 4) is 0 Å². The highest BCUT2D eigenvalue weighted by Crippen LogP contribution is 2.18. The van der Waals surface area contributed by atoms with E-state index in [2.05, 4.69) is 39.6 Å². The molecular formula is C9H22N2. The molecule has 0 heterocycles. The molecule has 0 saturated heterocycles. The van der Waals surface area contributed by atoms with E-state index in [9.17, 15) is 0 Å². The van der Waals surface area contributed by atoms with E-state index in [1.807, 2.05) is 0 Å². The quantitative estimate of drug-likeness (QED) is 0.671. The molecule has 68 valence electrons. The fraction of sp³-hybridized carbons (Fsp3) is 1.00. The molecule has 1 unspecified atom stereocenters. The summed E-state index contributed by atoms with van der Waals surface area (Å²) in [5.41, 5.74) is 5.86. The van der Waals surface area contributed by atoms with Gasteiger partial charge in [0, 0.05) is 18.1 Å². The highest BCUT2D eigenvalue weighted by atomic mass is 15.2. The molecule has 11 heavy (non-hydrogen) atoms. The fourth-order valence-corrected chi connectivity index (χ4v) is 1.00. The molecule has 2 heteroatoms. The van der Waals surface area contributed by atoms with Crippen LogP contribution in [-0.4, -0.2) is 30.1 Å². The lowest BCUT2D eigenvalue weighted by Crippen LogP contribution is -2.48. The second kappa shape index (κ2) is 4.07. The summed E-state index contributed by atoms with van der Waals surface area (Å²) in [5, 5.41) is 0. The van der Waals surface area contributed by atoms with Crippen molar-refractivity contribution >= 4 is 0 Å². The van der Waals surface area contributed by atoms with Crippen LogP contribution in [0, 0.1) is 0 Å². The topological polar surface area (TPSA) is 29.3 Å². The summed E-state index contributed by atoms with van der Waals surface area (Å²) in [6.07, 6.45) is 1.16. The van der Waals surface area contributed by atoms with Crippen LogP contribution in [0.4, 0.5) is 0 Å². The lowest BCUT2D eigenvalue weighted by Gasteiger charge is -2.38. The third-order valence-corrected chi connectivity index (χ3v) is 2.82. The van der Waals surface area contributed by atoms with Gasteiger partial charge in [0.05, 0.1) is 0 Å². The molecule has 0 radical (unpaired) electrons. The minimum atomic E-state index is 0.277. The Morgan fingerprint density at radius 2 is 1.91 bits per heavy atom. The number of nitrogens with zero attached hydrogens (tertiary/aromatic N) is 1. The molecular weight excluding hydrogens is 136 g/mol. The van der Waals surface area contributed by atoms with Crippen molar-refractivity contribution in [2.24, 2.45) is 5.73 Å². The predicted octanol–water partition coefficient (Wildman–Crippen LogP) is 1.45. The lowest BCUT2D eigenvalue weighted by molar-refractivity contribution is 0.110. The molecule has 0 bridgehead atoms. The van der Waals surface area contributed by atoms with Gasteiger partial charge in [-0.1, -0.05) is 6.92 Å². The zero-order valence-corrected chi connectivity index (χ0v) is 8.52. The Bertz CT molecular complexity index is 110. The third kappa shape index (κ3) is 2.80. The first-order valence-electron chi connectivity index (χ1n) is 4.38. The SMILES string of the molecule is CCC(C)(C)N(C)C(C)CN. The Kier molecular flexibility index (Phi) is 4.04. The van der Waals surface area contributed by atoms with Gasteiger partial charge in [-0.15, -0.1) is 0 Å². The van der Waals surface area contributed by atoms with Crippen LogP contribution in [0.3, 0.4) is 0 Å². The largest absolute Gasteiger partial charge is 0.329 e. The molecule has 0 saturated carbocycles. The van der Waals surface area contributed by atoms with Crippen LogP contribution in [0.2, 0.25) is 0 Å². The van der Waals surface area contributed by atoms with Gasteiger partial charge in [-0.3, -0.25) is 4.90 Å². The van der Waals surface area contributed by atoms with Crippen molar-refractivity contribution in [1.82, 2.24) is 4.90 Å². The van der Waals surface area contributed by atoms with E-state index in [0.29, 0.717) is 6.04 Å². The monoisotopic (exact) mass is 158 g/mol. The van der Waals surface area contributed by atoms with Gasteiger partial charge < -0.3 is 5.73 Å². The molecule has 0 aromatic rings. The van der Waals surface area contributed by atoms with Gasteiger partial charge in [-0.25, -0.2) is 0 Å². The van der Waals surface area contributed by atoms with Crippen LogP contribution in [0.1, 0.15) is 34.1 Å². The van der Waals surface area contributed by atoms with Crippen molar-refractivity contribution in [2.75, 3.05) is 13.6 Å². The molecule has 1 atom stereocenters. The van der Waals surface area contributed by atoms with Crippen LogP contribution in [0.25, 0.3) is 0 Å². The highest BCUT2D eigenvalue weighted by Gasteiger charge is 2.24. The average Bonchev–Trinajstić information content (AvgIpc) is 2.01. The Labute approximate surface area is 70.8 Å². The summed E-state index contributed by atoms with van der Waals surface area (Å²) in [4.78, 5) is 2.34. The first-order valence-corrected chi connectivity index (χ1v) is 4.38. The Balaban J connectivity index is 4.10. The summed E-state index contributed by atoms with van der Waals surface area (Å²) < 4.78 is 0. The third-order valence-electron chi connectivity index (χ3n) is 2.82. The molecule has 0 spiro atoms. The minimum Gasteiger partial charge on any atom is -0.329 e. The maximum Gasteiger partial charge on any atom is 0.0192 e. The van der Waals surface area contributed by atoms with Crippen LogP contribution >= 0.6 is 0 Å². The average molecular weight is 158 g/mol. The molecule has 2 nitrogen and oxygen atoms in total. The molecule has 0 aliphatic rings. The second-order valence-corrected chi connectivity index (χ2v) is 3.86. The van der Waals surface area contributed by atoms with Crippen LogP contribution in [0.15, 0.2) is 0 Å². The summed E-state index contributed by atoms with van der Waals surface area (Å²) in [7, 11) is 2.14. The summed E-state index contributed by atoms with van der Waals surface area (Å²) in [6.45, 7) is 9.61. The molecule has 0 aromatic heterocycles. The second-order valence-electron chi connectivity index (χ2n) is 3.86. The van der Waals surface area contributed by atoms with Crippen LogP contribution in [0.5, 0.6) is 0 Å². The Hall–Kier alpha value is -0.0800. The molecule has 0 aromatic carbocycles.